The monoisotopic (exact) mass is 265 g/mol. The van der Waals surface area contributed by atoms with Gasteiger partial charge in [0.2, 0.25) is 0 Å². The third-order valence-corrected chi connectivity index (χ3v) is 5.67. The van der Waals surface area contributed by atoms with Crippen molar-refractivity contribution in [3.8, 4) is 0 Å². The van der Waals surface area contributed by atoms with Crippen molar-refractivity contribution in [3.05, 3.63) is 16.1 Å². The van der Waals surface area contributed by atoms with Crippen molar-refractivity contribution in [2.75, 3.05) is 7.05 Å². The molecule has 100 valence electrons. The van der Waals surface area contributed by atoms with E-state index in [2.05, 4.69) is 29.2 Å². The number of piperidine rings is 2. The van der Waals surface area contributed by atoms with E-state index in [-0.39, 0.29) is 0 Å². The fourth-order valence-electron chi connectivity index (χ4n) is 3.52. The summed E-state index contributed by atoms with van der Waals surface area (Å²) in [6, 6.07) is 2.34. The Balaban J connectivity index is 1.57. The predicted molar refractivity (Wildman–Crippen MR) is 75.9 cm³/mol. The van der Waals surface area contributed by atoms with Crippen LogP contribution < -0.4 is 5.32 Å². The number of fused-ring (bicyclic) bond motifs is 2. The summed E-state index contributed by atoms with van der Waals surface area (Å²) in [4.78, 5) is 8.35. The number of aromatic nitrogens is 1. The summed E-state index contributed by atoms with van der Waals surface area (Å²) < 4.78 is 0. The molecule has 18 heavy (non-hydrogen) atoms. The molecule has 2 fully saturated rings. The summed E-state index contributed by atoms with van der Waals surface area (Å²) in [7, 11) is 2.32. The van der Waals surface area contributed by atoms with Gasteiger partial charge < -0.3 is 10.2 Å². The first kappa shape index (κ1) is 12.6. The van der Waals surface area contributed by atoms with Crippen molar-refractivity contribution >= 4 is 11.3 Å². The van der Waals surface area contributed by atoms with Gasteiger partial charge in [-0.25, -0.2) is 4.98 Å². The minimum absolute atomic E-state index is 0.706. The highest BCUT2D eigenvalue weighted by molar-refractivity contribution is 7.09. The molecule has 2 atom stereocenters. The fraction of sp³-hybridized carbons (Fsp3) is 0.786. The Bertz CT molecular complexity index is 389. The summed E-state index contributed by atoms with van der Waals surface area (Å²) in [5.41, 5.74) is 3.15. The second-order valence-electron chi connectivity index (χ2n) is 5.81. The van der Waals surface area contributed by atoms with E-state index < -0.39 is 0 Å². The molecule has 0 spiro atoms. The number of thiazole rings is 1. The first-order chi connectivity index (χ1) is 8.74. The van der Waals surface area contributed by atoms with E-state index in [0.717, 1.165) is 18.6 Å². The lowest BCUT2D eigenvalue weighted by Gasteiger charge is -2.47. The topological polar surface area (TPSA) is 28.2 Å². The lowest BCUT2D eigenvalue weighted by atomic mass is 9.82. The summed E-state index contributed by atoms with van der Waals surface area (Å²) in [6.07, 6.45) is 6.87. The Morgan fingerprint density at radius 2 is 2.11 bits per heavy atom. The van der Waals surface area contributed by atoms with Gasteiger partial charge in [0.05, 0.1) is 11.2 Å². The molecule has 0 aliphatic carbocycles. The zero-order valence-electron chi connectivity index (χ0n) is 11.4. The molecule has 2 aliphatic heterocycles. The molecule has 3 nitrogen and oxygen atoms in total. The first-order valence-electron chi connectivity index (χ1n) is 7.08. The zero-order valence-corrected chi connectivity index (χ0v) is 12.2. The van der Waals surface area contributed by atoms with Gasteiger partial charge in [-0.15, -0.1) is 11.3 Å². The van der Waals surface area contributed by atoms with Gasteiger partial charge in [-0.1, -0.05) is 6.42 Å². The third kappa shape index (κ3) is 2.46. The van der Waals surface area contributed by atoms with Crippen LogP contribution in [0.4, 0.5) is 0 Å². The van der Waals surface area contributed by atoms with E-state index in [0.29, 0.717) is 6.04 Å². The summed E-state index contributed by atoms with van der Waals surface area (Å²) in [5, 5.41) is 3.76. The van der Waals surface area contributed by atoms with Gasteiger partial charge in [-0.05, 0) is 39.7 Å². The molecule has 0 aromatic carbocycles. The lowest BCUT2D eigenvalue weighted by molar-refractivity contribution is 0.0483. The number of rotatable bonds is 3. The van der Waals surface area contributed by atoms with Crippen LogP contribution in [0, 0.1) is 6.92 Å². The molecule has 0 radical (unpaired) electrons. The molecule has 1 aromatic rings. The van der Waals surface area contributed by atoms with Gasteiger partial charge in [0.15, 0.2) is 0 Å². The molecule has 1 aromatic heterocycles. The molecule has 4 heteroatoms. The molecule has 3 heterocycles. The van der Waals surface area contributed by atoms with E-state index in [9.17, 15) is 0 Å². The summed E-state index contributed by atoms with van der Waals surface area (Å²) in [6.45, 7) is 3.11. The van der Waals surface area contributed by atoms with Crippen LogP contribution in [0.5, 0.6) is 0 Å². The second-order valence-corrected chi connectivity index (χ2v) is 6.75. The lowest BCUT2D eigenvalue weighted by Crippen LogP contribution is -2.54. The largest absolute Gasteiger partial charge is 0.309 e. The van der Waals surface area contributed by atoms with Crippen LogP contribution in [-0.4, -0.2) is 35.1 Å². The Morgan fingerprint density at radius 3 is 2.72 bits per heavy atom. The molecule has 0 amide bonds. The van der Waals surface area contributed by atoms with Crippen molar-refractivity contribution in [1.29, 1.82) is 0 Å². The minimum Gasteiger partial charge on any atom is -0.309 e. The highest BCUT2D eigenvalue weighted by Crippen LogP contribution is 2.32. The van der Waals surface area contributed by atoms with Gasteiger partial charge in [-0.2, -0.15) is 0 Å². The van der Waals surface area contributed by atoms with Gasteiger partial charge in [0.25, 0.3) is 0 Å². The van der Waals surface area contributed by atoms with Crippen LogP contribution in [0.3, 0.4) is 0 Å². The van der Waals surface area contributed by atoms with E-state index in [1.165, 1.54) is 42.7 Å². The van der Waals surface area contributed by atoms with Crippen LogP contribution >= 0.6 is 11.3 Å². The average Bonchev–Trinajstić information content (AvgIpc) is 2.73. The molecule has 0 saturated carbocycles. The molecule has 2 unspecified atom stereocenters. The predicted octanol–water partition coefficient (Wildman–Crippen LogP) is 2.56. The molecule has 2 bridgehead atoms. The number of nitrogens with one attached hydrogen (secondary N) is 1. The Kier molecular flexibility index (Phi) is 3.68. The average molecular weight is 265 g/mol. The fourth-order valence-corrected chi connectivity index (χ4v) is 4.24. The number of aryl methyl sites for hydroxylation is 1. The van der Waals surface area contributed by atoms with Crippen LogP contribution in [0.1, 0.15) is 42.7 Å². The quantitative estimate of drug-likeness (QED) is 0.910. The molecule has 1 N–H and O–H groups in total. The number of hydrogen-bond acceptors (Lipinski definition) is 4. The van der Waals surface area contributed by atoms with Gasteiger partial charge in [-0.3, -0.25) is 0 Å². The maximum absolute atomic E-state index is 4.32. The molecule has 3 rings (SSSR count). The van der Waals surface area contributed by atoms with E-state index >= 15 is 0 Å². The molecule has 2 aliphatic rings. The normalized spacial score (nSPS) is 32.7. The van der Waals surface area contributed by atoms with Crippen LogP contribution in [0.15, 0.2) is 5.51 Å². The maximum Gasteiger partial charge on any atom is 0.0798 e. The maximum atomic E-state index is 4.32. The summed E-state index contributed by atoms with van der Waals surface area (Å²) in [5.74, 6) is 0. The zero-order chi connectivity index (χ0) is 12.5. The van der Waals surface area contributed by atoms with E-state index in [4.69, 9.17) is 0 Å². The van der Waals surface area contributed by atoms with Crippen molar-refractivity contribution in [2.24, 2.45) is 0 Å². The van der Waals surface area contributed by atoms with E-state index in [1.54, 1.807) is 11.3 Å². The van der Waals surface area contributed by atoms with Crippen LogP contribution in [0.25, 0.3) is 0 Å². The van der Waals surface area contributed by atoms with Crippen molar-refractivity contribution in [2.45, 2.75) is 63.7 Å². The highest BCUT2D eigenvalue weighted by Gasteiger charge is 2.35. The standard InChI is InChI=1S/C14H23N3S/c1-10-14(18-9-16-10)8-15-11-6-12-4-3-5-13(7-11)17(12)2/h9,11-13,15H,3-8H2,1-2H3. The van der Waals surface area contributed by atoms with Crippen LogP contribution in [0.2, 0.25) is 0 Å². The van der Waals surface area contributed by atoms with E-state index in [1.807, 2.05) is 5.51 Å². The third-order valence-electron chi connectivity index (χ3n) is 4.74. The van der Waals surface area contributed by atoms with Crippen LogP contribution in [-0.2, 0) is 6.54 Å². The van der Waals surface area contributed by atoms with Crippen molar-refractivity contribution in [1.82, 2.24) is 15.2 Å². The molecular weight excluding hydrogens is 242 g/mol. The Hall–Kier alpha value is -0.450. The SMILES string of the molecule is Cc1ncsc1CNC1CC2CCCC(C1)N2C. The number of hydrogen-bond donors (Lipinski definition) is 1. The highest BCUT2D eigenvalue weighted by atomic mass is 32.1. The summed E-state index contributed by atoms with van der Waals surface area (Å²) >= 11 is 1.78. The van der Waals surface area contributed by atoms with Crippen molar-refractivity contribution in [3.63, 3.8) is 0 Å². The smallest absolute Gasteiger partial charge is 0.0798 e. The second kappa shape index (κ2) is 5.27. The van der Waals surface area contributed by atoms with Gasteiger partial charge in [0, 0.05) is 29.5 Å². The molecular formula is C14H23N3S. The first-order valence-corrected chi connectivity index (χ1v) is 7.96. The Morgan fingerprint density at radius 1 is 1.39 bits per heavy atom. The van der Waals surface area contributed by atoms with Gasteiger partial charge >= 0.3 is 0 Å². The Labute approximate surface area is 114 Å². The van der Waals surface area contributed by atoms with Crippen molar-refractivity contribution < 1.29 is 0 Å². The number of nitrogens with zero attached hydrogens (tertiary/aromatic N) is 2. The van der Waals surface area contributed by atoms with Gasteiger partial charge in [0.1, 0.15) is 0 Å². The minimum atomic E-state index is 0.706. The molecule has 2 saturated heterocycles.